The number of nitrogen functional groups attached to an aromatic ring is 1. The second-order valence-electron chi connectivity index (χ2n) is 4.46. The van der Waals surface area contributed by atoms with Crippen molar-refractivity contribution in [1.82, 2.24) is 0 Å². The molecule has 1 rings (SSSR count). The summed E-state index contributed by atoms with van der Waals surface area (Å²) in [6, 6.07) is 3.18. The van der Waals surface area contributed by atoms with Crippen LogP contribution in [-0.4, -0.2) is 18.2 Å². The predicted molar refractivity (Wildman–Crippen MR) is 72.2 cm³/mol. The third-order valence-electron chi connectivity index (χ3n) is 2.07. The average molecular weight is 272 g/mol. The lowest BCUT2D eigenvalue weighted by Crippen LogP contribution is -2.14. The van der Waals surface area contributed by atoms with Gasteiger partial charge in [0.15, 0.2) is 0 Å². The molecule has 1 aromatic rings. The molecule has 0 unspecified atom stereocenters. The maximum atomic E-state index is 11.8. The van der Waals surface area contributed by atoms with Gasteiger partial charge in [0.2, 0.25) is 0 Å². The molecule has 0 saturated carbocycles. The van der Waals surface area contributed by atoms with Gasteiger partial charge in [0.05, 0.1) is 23.5 Å². The van der Waals surface area contributed by atoms with E-state index in [1.165, 1.54) is 0 Å². The van der Waals surface area contributed by atoms with E-state index in [1.54, 1.807) is 26.0 Å². The fourth-order valence-corrected chi connectivity index (χ4v) is 1.58. The number of carbonyl (C=O) groups is 1. The molecule has 100 valence electrons. The molecule has 0 aliphatic rings. The van der Waals surface area contributed by atoms with Crippen molar-refractivity contribution in [3.63, 3.8) is 0 Å². The summed E-state index contributed by atoms with van der Waals surface area (Å²) >= 11 is 6.07. The highest BCUT2D eigenvalue weighted by atomic mass is 35.5. The van der Waals surface area contributed by atoms with Gasteiger partial charge in [-0.3, -0.25) is 0 Å². The lowest BCUT2D eigenvalue weighted by molar-refractivity contribution is 0.0379. The number of nitrogens with two attached hydrogens (primary N) is 1. The van der Waals surface area contributed by atoms with Gasteiger partial charge in [-0.2, -0.15) is 0 Å². The van der Waals surface area contributed by atoms with Gasteiger partial charge < -0.3 is 15.2 Å². The molecule has 0 spiro atoms. The van der Waals surface area contributed by atoms with Gasteiger partial charge in [-0.05, 0) is 39.8 Å². The van der Waals surface area contributed by atoms with E-state index in [4.69, 9.17) is 26.8 Å². The molecule has 0 fully saturated rings. The maximum absolute atomic E-state index is 11.8. The fourth-order valence-electron chi connectivity index (χ4n) is 1.37. The number of rotatable bonds is 4. The first-order chi connectivity index (χ1) is 8.32. The first kappa shape index (κ1) is 14.6. The van der Waals surface area contributed by atoms with Gasteiger partial charge in [0.1, 0.15) is 10.8 Å². The third kappa shape index (κ3) is 3.53. The van der Waals surface area contributed by atoms with E-state index in [0.29, 0.717) is 5.75 Å². The Morgan fingerprint density at radius 3 is 2.33 bits per heavy atom. The number of hydrogen-bond acceptors (Lipinski definition) is 4. The van der Waals surface area contributed by atoms with Crippen LogP contribution in [0.2, 0.25) is 5.02 Å². The van der Waals surface area contributed by atoms with Crippen LogP contribution >= 0.6 is 11.6 Å². The van der Waals surface area contributed by atoms with Gasteiger partial charge in [0.25, 0.3) is 0 Å². The van der Waals surface area contributed by atoms with E-state index < -0.39 is 5.97 Å². The Bertz CT molecular complexity index is 444. The second-order valence-corrected chi connectivity index (χ2v) is 4.84. The normalized spacial score (nSPS) is 10.8. The van der Waals surface area contributed by atoms with Crippen LogP contribution in [0.25, 0.3) is 0 Å². The topological polar surface area (TPSA) is 61.5 Å². The minimum Gasteiger partial charge on any atom is -0.489 e. The second kappa shape index (κ2) is 5.96. The van der Waals surface area contributed by atoms with Crippen LogP contribution in [0.1, 0.15) is 38.1 Å². The third-order valence-corrected chi connectivity index (χ3v) is 2.46. The molecular weight excluding hydrogens is 254 g/mol. The Hall–Kier alpha value is -1.42. The minimum absolute atomic E-state index is 0.0182. The Morgan fingerprint density at radius 1 is 1.22 bits per heavy atom. The minimum atomic E-state index is -0.486. The maximum Gasteiger partial charge on any atom is 0.340 e. The van der Waals surface area contributed by atoms with Crippen LogP contribution in [0, 0.1) is 0 Å². The Kier molecular flexibility index (Phi) is 4.84. The smallest absolute Gasteiger partial charge is 0.340 e. The number of benzene rings is 1. The number of halogens is 1. The van der Waals surface area contributed by atoms with E-state index in [2.05, 4.69) is 0 Å². The van der Waals surface area contributed by atoms with Crippen LogP contribution < -0.4 is 10.5 Å². The molecule has 0 aliphatic heterocycles. The first-order valence-corrected chi connectivity index (χ1v) is 6.16. The van der Waals surface area contributed by atoms with Crippen molar-refractivity contribution < 1.29 is 14.3 Å². The molecule has 0 amide bonds. The highest BCUT2D eigenvalue weighted by molar-refractivity contribution is 6.35. The predicted octanol–water partition coefficient (Wildman–Crippen LogP) is 3.27. The number of anilines is 1. The molecule has 0 aromatic heterocycles. The number of hydrogen-bond donors (Lipinski definition) is 1. The molecule has 5 heteroatoms. The van der Waals surface area contributed by atoms with Crippen molar-refractivity contribution in [2.45, 2.75) is 39.9 Å². The van der Waals surface area contributed by atoms with Crippen molar-refractivity contribution in [3.05, 3.63) is 22.7 Å². The largest absolute Gasteiger partial charge is 0.489 e. The average Bonchev–Trinajstić information content (AvgIpc) is 2.23. The summed E-state index contributed by atoms with van der Waals surface area (Å²) in [4.78, 5) is 11.8. The van der Waals surface area contributed by atoms with Gasteiger partial charge in [-0.15, -0.1) is 0 Å². The van der Waals surface area contributed by atoms with E-state index in [1.807, 2.05) is 13.8 Å². The van der Waals surface area contributed by atoms with Gasteiger partial charge >= 0.3 is 5.97 Å². The SMILES string of the molecule is CC(C)OC(=O)c1ccc(OC(C)C)c(Cl)c1N. The Morgan fingerprint density at radius 2 is 1.83 bits per heavy atom. The van der Waals surface area contributed by atoms with Crippen LogP contribution in [0.4, 0.5) is 5.69 Å². The standard InChI is InChI=1S/C13H18ClNO3/c1-7(2)17-10-6-5-9(12(15)11(10)14)13(16)18-8(3)4/h5-8H,15H2,1-4H3. The molecule has 0 saturated heterocycles. The molecule has 0 atom stereocenters. The summed E-state index contributed by atoms with van der Waals surface area (Å²) in [5.41, 5.74) is 6.26. The summed E-state index contributed by atoms with van der Waals surface area (Å²) in [6.45, 7) is 7.30. The summed E-state index contributed by atoms with van der Waals surface area (Å²) in [7, 11) is 0. The fraction of sp³-hybridized carbons (Fsp3) is 0.462. The molecule has 18 heavy (non-hydrogen) atoms. The van der Waals surface area contributed by atoms with E-state index >= 15 is 0 Å². The van der Waals surface area contributed by atoms with Crippen molar-refractivity contribution >= 4 is 23.3 Å². The van der Waals surface area contributed by atoms with Crippen LogP contribution in [0.5, 0.6) is 5.75 Å². The quantitative estimate of drug-likeness (QED) is 0.674. The number of esters is 1. The number of ether oxygens (including phenoxy) is 2. The van der Waals surface area contributed by atoms with Crippen molar-refractivity contribution in [1.29, 1.82) is 0 Å². The highest BCUT2D eigenvalue weighted by Gasteiger charge is 2.18. The monoisotopic (exact) mass is 271 g/mol. The van der Waals surface area contributed by atoms with Gasteiger partial charge in [-0.25, -0.2) is 4.79 Å². The zero-order chi connectivity index (χ0) is 13.9. The molecular formula is C13H18ClNO3. The molecule has 0 aliphatic carbocycles. The van der Waals surface area contributed by atoms with Crippen molar-refractivity contribution in [2.75, 3.05) is 5.73 Å². The molecule has 4 nitrogen and oxygen atoms in total. The van der Waals surface area contributed by atoms with E-state index in [9.17, 15) is 4.79 Å². The molecule has 0 heterocycles. The van der Waals surface area contributed by atoms with Gasteiger partial charge in [-0.1, -0.05) is 11.6 Å². The zero-order valence-corrected chi connectivity index (χ0v) is 11.7. The summed E-state index contributed by atoms with van der Waals surface area (Å²) < 4.78 is 10.6. The lowest BCUT2D eigenvalue weighted by atomic mass is 10.1. The molecule has 2 N–H and O–H groups in total. The van der Waals surface area contributed by atoms with Crippen LogP contribution in [-0.2, 0) is 4.74 Å². The van der Waals surface area contributed by atoms with Crippen LogP contribution in [0.15, 0.2) is 12.1 Å². The van der Waals surface area contributed by atoms with Crippen molar-refractivity contribution in [3.8, 4) is 5.75 Å². The first-order valence-electron chi connectivity index (χ1n) is 5.78. The number of carbonyl (C=O) groups excluding carboxylic acids is 1. The van der Waals surface area contributed by atoms with Crippen LogP contribution in [0.3, 0.4) is 0 Å². The van der Waals surface area contributed by atoms with E-state index in [-0.39, 0.29) is 28.5 Å². The van der Waals surface area contributed by atoms with Gasteiger partial charge in [0, 0.05) is 0 Å². The van der Waals surface area contributed by atoms with E-state index in [0.717, 1.165) is 0 Å². The molecule has 0 bridgehead atoms. The Balaban J connectivity index is 3.04. The lowest BCUT2D eigenvalue weighted by Gasteiger charge is -2.15. The zero-order valence-electron chi connectivity index (χ0n) is 11.0. The summed E-state index contributed by atoms with van der Waals surface area (Å²) in [5, 5.41) is 0.238. The Labute approximate surface area is 112 Å². The molecule has 0 radical (unpaired) electrons. The van der Waals surface area contributed by atoms with Crippen molar-refractivity contribution in [2.24, 2.45) is 0 Å². The highest BCUT2D eigenvalue weighted by Crippen LogP contribution is 2.34. The molecule has 1 aromatic carbocycles. The summed E-state index contributed by atoms with van der Waals surface area (Å²) in [6.07, 6.45) is -0.224. The summed E-state index contributed by atoms with van der Waals surface area (Å²) in [5.74, 6) is -0.0224.